The molecule has 0 aromatic heterocycles. The van der Waals surface area contributed by atoms with Gasteiger partial charge < -0.3 is 11.1 Å². The Hall–Kier alpha value is -2.96. The molecular weight excluding hydrogens is 420 g/mol. The van der Waals surface area contributed by atoms with Crippen LogP contribution in [-0.2, 0) is 14.8 Å². The lowest BCUT2D eigenvalue weighted by molar-refractivity contribution is -0.387. The molecule has 2 rings (SSSR count). The Bertz CT molecular complexity index is 1050. The quantitative estimate of drug-likeness (QED) is 0.361. The van der Waals surface area contributed by atoms with Gasteiger partial charge in [-0.3, -0.25) is 19.7 Å². The van der Waals surface area contributed by atoms with E-state index in [-0.39, 0.29) is 26.8 Å². The molecule has 2 aromatic rings. The number of nitrogens with two attached hydrogens (primary N) is 1. The highest BCUT2D eigenvalue weighted by molar-refractivity contribution is 8.00. The standard InChI is InChI=1S/C17H18N4O6S2/c1-20(2)29(26,27)13-6-4-12(5-7-13)19-16(22)10-28-15-8-3-11(17(18)23)9-14(15)21(24)25/h3-9H,10H2,1-2H3,(H2,18,23)(H,19,22). The molecule has 0 atom stereocenters. The van der Waals surface area contributed by atoms with Gasteiger partial charge in [0.2, 0.25) is 21.8 Å². The molecule has 0 heterocycles. The van der Waals surface area contributed by atoms with Crippen LogP contribution in [0.15, 0.2) is 52.3 Å². The lowest BCUT2D eigenvalue weighted by Crippen LogP contribution is -2.22. The van der Waals surface area contributed by atoms with Crippen LogP contribution in [0.2, 0.25) is 0 Å². The average Bonchev–Trinajstić information content (AvgIpc) is 2.66. The monoisotopic (exact) mass is 438 g/mol. The van der Waals surface area contributed by atoms with Gasteiger partial charge in [-0.1, -0.05) is 0 Å². The van der Waals surface area contributed by atoms with Gasteiger partial charge in [0.15, 0.2) is 0 Å². The van der Waals surface area contributed by atoms with E-state index in [1.807, 2.05) is 0 Å². The molecule has 154 valence electrons. The normalized spacial score (nSPS) is 11.3. The Kier molecular flexibility index (Phi) is 6.95. The van der Waals surface area contributed by atoms with Gasteiger partial charge in [0.1, 0.15) is 0 Å². The maximum atomic E-state index is 12.1. The molecule has 0 fully saturated rings. The number of carbonyl (C=O) groups excluding carboxylic acids is 2. The summed E-state index contributed by atoms with van der Waals surface area (Å²) in [5, 5.41) is 13.8. The number of hydrogen-bond acceptors (Lipinski definition) is 7. The van der Waals surface area contributed by atoms with E-state index >= 15 is 0 Å². The zero-order valence-electron chi connectivity index (χ0n) is 15.5. The van der Waals surface area contributed by atoms with Crippen molar-refractivity contribution in [1.82, 2.24) is 4.31 Å². The number of nitro groups is 1. The number of nitrogens with one attached hydrogen (secondary N) is 1. The summed E-state index contributed by atoms with van der Waals surface area (Å²) in [6.45, 7) is 0. The number of sulfonamides is 1. The molecule has 0 spiro atoms. The number of nitro benzene ring substituents is 1. The second kappa shape index (κ2) is 9.03. The first-order chi connectivity index (χ1) is 13.5. The summed E-state index contributed by atoms with van der Waals surface area (Å²) in [5.74, 6) is -1.36. The van der Waals surface area contributed by atoms with Gasteiger partial charge in [0.25, 0.3) is 5.69 Å². The van der Waals surface area contributed by atoms with Crippen LogP contribution >= 0.6 is 11.8 Å². The average molecular weight is 438 g/mol. The van der Waals surface area contributed by atoms with Gasteiger partial charge in [-0.25, -0.2) is 12.7 Å². The van der Waals surface area contributed by atoms with E-state index in [1.165, 1.54) is 50.5 Å². The van der Waals surface area contributed by atoms with Crippen LogP contribution < -0.4 is 11.1 Å². The van der Waals surface area contributed by atoms with Crippen LogP contribution in [0.3, 0.4) is 0 Å². The summed E-state index contributed by atoms with van der Waals surface area (Å²) < 4.78 is 25.1. The van der Waals surface area contributed by atoms with Crippen LogP contribution in [0.1, 0.15) is 10.4 Å². The Morgan fingerprint density at radius 1 is 1.17 bits per heavy atom. The highest BCUT2D eigenvalue weighted by Crippen LogP contribution is 2.30. The van der Waals surface area contributed by atoms with Crippen molar-refractivity contribution in [2.45, 2.75) is 9.79 Å². The Balaban J connectivity index is 2.05. The predicted molar refractivity (Wildman–Crippen MR) is 108 cm³/mol. The number of anilines is 1. The summed E-state index contributed by atoms with van der Waals surface area (Å²) in [7, 11) is -0.743. The van der Waals surface area contributed by atoms with Crippen LogP contribution in [-0.4, -0.2) is 49.3 Å². The molecule has 0 aliphatic carbocycles. The molecule has 0 radical (unpaired) electrons. The van der Waals surface area contributed by atoms with Crippen molar-refractivity contribution in [1.29, 1.82) is 0 Å². The number of amides is 2. The molecule has 0 saturated carbocycles. The first-order valence-corrected chi connectivity index (χ1v) is 10.5. The fourth-order valence-corrected chi connectivity index (χ4v) is 3.90. The second-order valence-electron chi connectivity index (χ2n) is 5.95. The highest BCUT2D eigenvalue weighted by atomic mass is 32.2. The molecule has 0 bridgehead atoms. The van der Waals surface area contributed by atoms with Gasteiger partial charge in [0, 0.05) is 31.4 Å². The first-order valence-electron chi connectivity index (χ1n) is 8.06. The highest BCUT2D eigenvalue weighted by Gasteiger charge is 2.19. The van der Waals surface area contributed by atoms with Crippen LogP contribution in [0, 0.1) is 10.1 Å². The van der Waals surface area contributed by atoms with E-state index in [0.717, 1.165) is 22.1 Å². The minimum atomic E-state index is -3.57. The van der Waals surface area contributed by atoms with Crippen molar-refractivity contribution >= 4 is 45.0 Å². The van der Waals surface area contributed by atoms with Crippen molar-refractivity contribution in [3.05, 3.63) is 58.1 Å². The number of thioether (sulfide) groups is 1. The van der Waals surface area contributed by atoms with Crippen molar-refractivity contribution in [2.75, 3.05) is 25.2 Å². The Labute approximate surface area is 171 Å². The summed E-state index contributed by atoms with van der Waals surface area (Å²) in [4.78, 5) is 34.1. The van der Waals surface area contributed by atoms with Gasteiger partial charge >= 0.3 is 0 Å². The molecule has 2 aromatic carbocycles. The summed E-state index contributed by atoms with van der Waals surface area (Å²) in [6.07, 6.45) is 0. The van der Waals surface area contributed by atoms with E-state index in [9.17, 15) is 28.1 Å². The molecule has 12 heteroatoms. The fourth-order valence-electron chi connectivity index (χ4n) is 2.20. The van der Waals surface area contributed by atoms with Gasteiger partial charge in [-0.05, 0) is 36.4 Å². The van der Waals surface area contributed by atoms with Crippen molar-refractivity contribution in [2.24, 2.45) is 5.73 Å². The summed E-state index contributed by atoms with van der Waals surface area (Å²) in [5.41, 5.74) is 5.18. The number of benzene rings is 2. The fraction of sp³-hybridized carbons (Fsp3) is 0.176. The number of nitrogens with zero attached hydrogens (tertiary/aromatic N) is 2. The summed E-state index contributed by atoms with van der Waals surface area (Å²) in [6, 6.07) is 9.39. The van der Waals surface area contributed by atoms with Gasteiger partial charge in [-0.15, -0.1) is 11.8 Å². The molecule has 0 aliphatic rings. The third-order valence-electron chi connectivity index (χ3n) is 3.72. The first kappa shape index (κ1) is 22.3. The molecule has 0 saturated heterocycles. The maximum absolute atomic E-state index is 12.1. The van der Waals surface area contributed by atoms with Gasteiger partial charge in [0.05, 0.1) is 20.5 Å². The third-order valence-corrected chi connectivity index (χ3v) is 6.61. The topological polar surface area (TPSA) is 153 Å². The van der Waals surface area contributed by atoms with E-state index in [4.69, 9.17) is 5.73 Å². The minimum absolute atomic E-state index is 0.00160. The van der Waals surface area contributed by atoms with Crippen molar-refractivity contribution in [3.63, 3.8) is 0 Å². The van der Waals surface area contributed by atoms with E-state index < -0.39 is 26.8 Å². The molecule has 0 unspecified atom stereocenters. The van der Waals surface area contributed by atoms with Gasteiger partial charge in [-0.2, -0.15) is 0 Å². The lowest BCUT2D eigenvalue weighted by atomic mass is 10.2. The zero-order valence-corrected chi connectivity index (χ0v) is 17.1. The number of primary amides is 1. The predicted octanol–water partition coefficient (Wildman–Crippen LogP) is 1.67. The molecule has 10 nitrogen and oxygen atoms in total. The Morgan fingerprint density at radius 3 is 2.31 bits per heavy atom. The smallest absolute Gasteiger partial charge is 0.283 e. The maximum Gasteiger partial charge on any atom is 0.283 e. The van der Waals surface area contributed by atoms with Crippen LogP contribution in [0.4, 0.5) is 11.4 Å². The largest absolute Gasteiger partial charge is 0.366 e. The second-order valence-corrected chi connectivity index (χ2v) is 9.12. The van der Waals surface area contributed by atoms with Crippen molar-refractivity contribution < 1.29 is 22.9 Å². The molecule has 29 heavy (non-hydrogen) atoms. The third kappa shape index (κ3) is 5.53. The molecule has 0 aliphatic heterocycles. The summed E-state index contributed by atoms with van der Waals surface area (Å²) >= 11 is 0.926. The lowest BCUT2D eigenvalue weighted by Gasteiger charge is -2.12. The molecule has 3 N–H and O–H groups in total. The zero-order chi connectivity index (χ0) is 21.8. The van der Waals surface area contributed by atoms with E-state index in [1.54, 1.807) is 0 Å². The molecular formula is C17H18N4O6S2. The van der Waals surface area contributed by atoms with Crippen molar-refractivity contribution in [3.8, 4) is 0 Å². The van der Waals surface area contributed by atoms with E-state index in [2.05, 4.69) is 5.32 Å². The molecule has 2 amide bonds. The number of carbonyl (C=O) groups is 2. The van der Waals surface area contributed by atoms with E-state index in [0.29, 0.717) is 5.69 Å². The number of rotatable bonds is 8. The minimum Gasteiger partial charge on any atom is -0.366 e. The Morgan fingerprint density at radius 2 is 1.79 bits per heavy atom. The number of hydrogen-bond donors (Lipinski definition) is 2. The van der Waals surface area contributed by atoms with Crippen LogP contribution in [0.5, 0.6) is 0 Å². The van der Waals surface area contributed by atoms with Crippen LogP contribution in [0.25, 0.3) is 0 Å². The SMILES string of the molecule is CN(C)S(=O)(=O)c1ccc(NC(=O)CSc2ccc(C(N)=O)cc2[N+](=O)[O-])cc1.